The first kappa shape index (κ1) is 18.0. The molecular formula is C19H21ClN2O2. The Balaban J connectivity index is 1.97. The van der Waals surface area contributed by atoms with E-state index in [0.29, 0.717) is 16.3 Å². The lowest BCUT2D eigenvalue weighted by Crippen LogP contribution is -2.40. The van der Waals surface area contributed by atoms with Crippen LogP contribution < -0.4 is 10.6 Å². The SMILES string of the molecule is CC(C)(C)NC(=O)c1ccc(NC(=O)Cc2ccccc2Cl)cc1. The molecule has 2 aromatic rings. The molecule has 0 heterocycles. The lowest BCUT2D eigenvalue weighted by Gasteiger charge is -2.20. The number of nitrogens with one attached hydrogen (secondary N) is 2. The van der Waals surface area contributed by atoms with Gasteiger partial charge in [0.05, 0.1) is 6.42 Å². The van der Waals surface area contributed by atoms with E-state index in [2.05, 4.69) is 10.6 Å². The Morgan fingerprint density at radius 1 is 1.00 bits per heavy atom. The number of anilines is 1. The maximum Gasteiger partial charge on any atom is 0.251 e. The molecule has 0 aliphatic carbocycles. The third-order valence-corrected chi connectivity index (χ3v) is 3.60. The average Bonchev–Trinajstić information content (AvgIpc) is 2.48. The summed E-state index contributed by atoms with van der Waals surface area (Å²) in [5, 5.41) is 6.27. The quantitative estimate of drug-likeness (QED) is 0.879. The van der Waals surface area contributed by atoms with E-state index >= 15 is 0 Å². The molecule has 0 fully saturated rings. The van der Waals surface area contributed by atoms with Gasteiger partial charge in [0.1, 0.15) is 0 Å². The highest BCUT2D eigenvalue weighted by Gasteiger charge is 2.15. The van der Waals surface area contributed by atoms with Crippen molar-refractivity contribution in [3.05, 3.63) is 64.7 Å². The van der Waals surface area contributed by atoms with E-state index in [9.17, 15) is 9.59 Å². The summed E-state index contributed by atoms with van der Waals surface area (Å²) in [5.41, 5.74) is 1.67. The second-order valence-corrected chi connectivity index (χ2v) is 7.01. The van der Waals surface area contributed by atoms with Gasteiger partial charge in [-0.15, -0.1) is 0 Å². The Bertz CT molecular complexity index is 734. The van der Waals surface area contributed by atoms with Crippen LogP contribution in [-0.4, -0.2) is 17.4 Å². The highest BCUT2D eigenvalue weighted by atomic mass is 35.5. The lowest BCUT2D eigenvalue weighted by molar-refractivity contribution is -0.115. The van der Waals surface area contributed by atoms with E-state index in [-0.39, 0.29) is 23.8 Å². The number of carbonyl (C=O) groups excluding carboxylic acids is 2. The van der Waals surface area contributed by atoms with Crippen molar-refractivity contribution in [3.8, 4) is 0 Å². The summed E-state index contributed by atoms with van der Waals surface area (Å²) in [6.45, 7) is 5.77. The molecule has 0 spiro atoms. The van der Waals surface area contributed by atoms with Crippen LogP contribution in [0.25, 0.3) is 0 Å². The molecule has 2 N–H and O–H groups in total. The minimum Gasteiger partial charge on any atom is -0.347 e. The summed E-state index contributed by atoms with van der Waals surface area (Å²) in [5.74, 6) is -0.300. The van der Waals surface area contributed by atoms with E-state index in [1.807, 2.05) is 39.0 Å². The van der Waals surface area contributed by atoms with Crippen LogP contribution in [0.3, 0.4) is 0 Å². The van der Waals surface area contributed by atoms with E-state index in [4.69, 9.17) is 11.6 Å². The Hall–Kier alpha value is -2.33. The largest absolute Gasteiger partial charge is 0.347 e. The summed E-state index contributed by atoms with van der Waals surface area (Å²) in [6.07, 6.45) is 0.200. The van der Waals surface area contributed by atoms with Gasteiger partial charge in [0.25, 0.3) is 5.91 Å². The number of benzene rings is 2. The van der Waals surface area contributed by atoms with Crippen molar-refractivity contribution in [2.75, 3.05) is 5.32 Å². The van der Waals surface area contributed by atoms with Gasteiger partial charge in [-0.3, -0.25) is 9.59 Å². The zero-order valence-corrected chi connectivity index (χ0v) is 14.8. The fourth-order valence-electron chi connectivity index (χ4n) is 2.14. The summed E-state index contributed by atoms with van der Waals surface area (Å²) in [6, 6.07) is 14.0. The molecule has 0 aliphatic heterocycles. The van der Waals surface area contributed by atoms with E-state index < -0.39 is 0 Å². The highest BCUT2D eigenvalue weighted by molar-refractivity contribution is 6.31. The first-order chi connectivity index (χ1) is 11.2. The van der Waals surface area contributed by atoms with Crippen molar-refractivity contribution in [2.24, 2.45) is 0 Å². The predicted molar refractivity (Wildman–Crippen MR) is 97.4 cm³/mol. The van der Waals surface area contributed by atoms with Crippen molar-refractivity contribution < 1.29 is 9.59 Å². The van der Waals surface area contributed by atoms with Crippen LogP contribution >= 0.6 is 11.6 Å². The van der Waals surface area contributed by atoms with Gasteiger partial charge in [-0.25, -0.2) is 0 Å². The molecule has 0 radical (unpaired) electrons. The third kappa shape index (κ3) is 5.39. The number of halogens is 1. The van der Waals surface area contributed by atoms with Crippen molar-refractivity contribution >= 4 is 29.1 Å². The van der Waals surface area contributed by atoms with Crippen LogP contribution in [0.5, 0.6) is 0 Å². The third-order valence-electron chi connectivity index (χ3n) is 3.23. The second-order valence-electron chi connectivity index (χ2n) is 6.60. The molecule has 4 nitrogen and oxygen atoms in total. The Morgan fingerprint density at radius 3 is 2.21 bits per heavy atom. The van der Waals surface area contributed by atoms with Gasteiger partial charge in [-0.2, -0.15) is 0 Å². The maximum absolute atomic E-state index is 12.1. The zero-order valence-electron chi connectivity index (χ0n) is 14.0. The first-order valence-electron chi connectivity index (χ1n) is 7.70. The smallest absolute Gasteiger partial charge is 0.251 e. The zero-order chi connectivity index (χ0) is 17.7. The summed E-state index contributed by atoms with van der Waals surface area (Å²) < 4.78 is 0. The van der Waals surface area contributed by atoms with Crippen molar-refractivity contribution in [1.29, 1.82) is 0 Å². The first-order valence-corrected chi connectivity index (χ1v) is 8.08. The standard InChI is InChI=1S/C19H21ClN2O2/c1-19(2,3)22-18(24)13-8-10-15(11-9-13)21-17(23)12-14-6-4-5-7-16(14)20/h4-11H,12H2,1-3H3,(H,21,23)(H,22,24). The minimum atomic E-state index is -0.293. The molecule has 5 heteroatoms. The molecule has 24 heavy (non-hydrogen) atoms. The van der Waals surface area contributed by atoms with Gasteiger partial charge in [0.15, 0.2) is 0 Å². The number of amides is 2. The van der Waals surface area contributed by atoms with Gasteiger partial charge in [-0.1, -0.05) is 29.8 Å². The number of hydrogen-bond acceptors (Lipinski definition) is 2. The van der Waals surface area contributed by atoms with Crippen LogP contribution in [0.4, 0.5) is 5.69 Å². The number of carbonyl (C=O) groups is 2. The van der Waals surface area contributed by atoms with Crippen molar-refractivity contribution in [3.63, 3.8) is 0 Å². The van der Waals surface area contributed by atoms with E-state index in [1.165, 1.54) is 0 Å². The molecule has 0 aliphatic rings. The van der Waals surface area contributed by atoms with Gasteiger partial charge < -0.3 is 10.6 Å². The average molecular weight is 345 g/mol. The second kappa shape index (κ2) is 7.49. The van der Waals surface area contributed by atoms with Crippen LogP contribution in [0, 0.1) is 0 Å². The van der Waals surface area contributed by atoms with Crippen molar-refractivity contribution in [2.45, 2.75) is 32.7 Å². The highest BCUT2D eigenvalue weighted by Crippen LogP contribution is 2.17. The van der Waals surface area contributed by atoms with Crippen LogP contribution in [-0.2, 0) is 11.2 Å². The Morgan fingerprint density at radius 2 is 1.62 bits per heavy atom. The summed E-state index contributed by atoms with van der Waals surface area (Å²) >= 11 is 6.06. The molecule has 2 aromatic carbocycles. The maximum atomic E-state index is 12.1. The minimum absolute atomic E-state index is 0.142. The van der Waals surface area contributed by atoms with Gasteiger partial charge in [-0.05, 0) is 56.7 Å². The van der Waals surface area contributed by atoms with Crippen LogP contribution in [0.1, 0.15) is 36.7 Å². The molecule has 0 aromatic heterocycles. The van der Waals surface area contributed by atoms with E-state index in [1.54, 1.807) is 30.3 Å². The summed E-state index contributed by atoms with van der Waals surface area (Å²) in [7, 11) is 0. The molecular weight excluding hydrogens is 324 g/mol. The number of hydrogen-bond donors (Lipinski definition) is 2. The topological polar surface area (TPSA) is 58.2 Å². The molecule has 0 saturated carbocycles. The van der Waals surface area contributed by atoms with E-state index in [0.717, 1.165) is 5.56 Å². The normalized spacial score (nSPS) is 11.0. The Labute approximate surface area is 147 Å². The number of rotatable bonds is 4. The fraction of sp³-hybridized carbons (Fsp3) is 0.263. The van der Waals surface area contributed by atoms with Gasteiger partial charge in [0.2, 0.25) is 5.91 Å². The van der Waals surface area contributed by atoms with Gasteiger partial charge in [0, 0.05) is 21.8 Å². The molecule has 126 valence electrons. The molecule has 2 rings (SSSR count). The summed E-state index contributed by atoms with van der Waals surface area (Å²) in [4.78, 5) is 24.2. The van der Waals surface area contributed by atoms with Crippen molar-refractivity contribution in [1.82, 2.24) is 5.32 Å². The monoisotopic (exact) mass is 344 g/mol. The Kier molecular flexibility index (Phi) is 5.62. The predicted octanol–water partition coefficient (Wildman–Crippen LogP) is 4.05. The molecule has 0 saturated heterocycles. The molecule has 0 atom stereocenters. The molecule has 0 unspecified atom stereocenters. The van der Waals surface area contributed by atoms with Gasteiger partial charge >= 0.3 is 0 Å². The fourth-order valence-corrected chi connectivity index (χ4v) is 2.34. The van der Waals surface area contributed by atoms with Crippen LogP contribution in [0.2, 0.25) is 5.02 Å². The van der Waals surface area contributed by atoms with Crippen LogP contribution in [0.15, 0.2) is 48.5 Å². The molecule has 0 bridgehead atoms. The molecule has 2 amide bonds. The lowest BCUT2D eigenvalue weighted by atomic mass is 10.1.